The minimum absolute atomic E-state index is 0.0145. The van der Waals surface area contributed by atoms with E-state index < -0.39 is 5.97 Å². The van der Waals surface area contributed by atoms with Gasteiger partial charge in [0, 0.05) is 30.5 Å². The van der Waals surface area contributed by atoms with Gasteiger partial charge in [-0.2, -0.15) is 0 Å². The number of carbonyl (C=O) groups excluding carboxylic acids is 1. The number of pyridine rings is 1. The predicted molar refractivity (Wildman–Crippen MR) is 89.9 cm³/mol. The van der Waals surface area contributed by atoms with Crippen molar-refractivity contribution in [3.05, 3.63) is 58.4 Å². The molecule has 0 amide bonds. The summed E-state index contributed by atoms with van der Waals surface area (Å²) in [4.78, 5) is 30.7. The van der Waals surface area contributed by atoms with Gasteiger partial charge in [-0.1, -0.05) is 0 Å². The first kappa shape index (κ1) is 14.9. The lowest BCUT2D eigenvalue weighted by Crippen LogP contribution is -2.34. The average Bonchev–Trinajstić information content (AvgIpc) is 2.61. The molecule has 1 aromatic carbocycles. The summed E-state index contributed by atoms with van der Waals surface area (Å²) in [6, 6.07) is 6.82. The van der Waals surface area contributed by atoms with Crippen LogP contribution in [0.1, 0.15) is 50.4 Å². The third kappa shape index (κ3) is 2.37. The molecule has 0 bridgehead atoms. The van der Waals surface area contributed by atoms with Gasteiger partial charge in [0.2, 0.25) is 5.78 Å². The largest absolute Gasteiger partial charge is 0.478 e. The molecule has 2 aliphatic rings. The summed E-state index contributed by atoms with van der Waals surface area (Å²) in [6.45, 7) is 2.16. The molecule has 0 atom stereocenters. The number of carboxylic acid groups (broad SMARTS) is 1. The Morgan fingerprint density at radius 1 is 1.08 bits per heavy atom. The summed E-state index contributed by atoms with van der Waals surface area (Å²) < 4.78 is 0. The predicted octanol–water partition coefficient (Wildman–Crippen LogP) is 2.71. The molecule has 0 spiro atoms. The highest BCUT2D eigenvalue weighted by atomic mass is 16.4. The van der Waals surface area contributed by atoms with Crippen molar-refractivity contribution in [1.29, 1.82) is 0 Å². The lowest BCUT2D eigenvalue weighted by molar-refractivity contribution is 0.0692. The summed E-state index contributed by atoms with van der Waals surface area (Å²) in [5.41, 5.74) is 4.22. The highest BCUT2D eigenvalue weighted by molar-refractivity contribution is 6.13. The highest BCUT2D eigenvalue weighted by Crippen LogP contribution is 2.36. The number of aromatic nitrogens is 1. The summed E-state index contributed by atoms with van der Waals surface area (Å²) in [5.74, 6) is -1.44. The number of ketones is 1. The normalized spacial score (nSPS) is 15.8. The van der Waals surface area contributed by atoms with Crippen LogP contribution in [-0.2, 0) is 12.8 Å². The molecular weight excluding hydrogens is 304 g/mol. The molecule has 0 saturated carbocycles. The monoisotopic (exact) mass is 322 g/mol. The minimum atomic E-state index is -1.13. The molecule has 0 radical (unpaired) electrons. The van der Waals surface area contributed by atoms with E-state index in [2.05, 4.69) is 9.88 Å². The third-order valence-electron chi connectivity index (χ3n) is 4.85. The number of hydrogen-bond acceptors (Lipinski definition) is 4. The summed E-state index contributed by atoms with van der Waals surface area (Å²) in [5, 5.41) is 9.30. The van der Waals surface area contributed by atoms with Crippen molar-refractivity contribution in [2.75, 3.05) is 18.0 Å². The van der Waals surface area contributed by atoms with Gasteiger partial charge in [0.05, 0.1) is 5.56 Å². The maximum absolute atomic E-state index is 12.9. The van der Waals surface area contributed by atoms with Crippen molar-refractivity contribution in [2.24, 2.45) is 0 Å². The molecule has 0 fully saturated rings. The number of aryl methyl sites for hydroxylation is 2. The Hall–Kier alpha value is -2.69. The van der Waals surface area contributed by atoms with Gasteiger partial charge in [-0.3, -0.25) is 9.78 Å². The molecule has 122 valence electrons. The van der Waals surface area contributed by atoms with Crippen molar-refractivity contribution in [3.63, 3.8) is 0 Å². The van der Waals surface area contributed by atoms with Crippen molar-refractivity contribution in [3.8, 4) is 0 Å². The zero-order chi connectivity index (χ0) is 16.7. The quantitative estimate of drug-likeness (QED) is 0.880. The van der Waals surface area contributed by atoms with Crippen LogP contribution in [0.3, 0.4) is 0 Å². The van der Waals surface area contributed by atoms with E-state index in [1.165, 1.54) is 35.1 Å². The first-order chi connectivity index (χ1) is 11.6. The van der Waals surface area contributed by atoms with Gasteiger partial charge in [-0.25, -0.2) is 4.79 Å². The lowest BCUT2D eigenvalue weighted by atomic mass is 9.88. The van der Waals surface area contributed by atoms with Crippen LogP contribution in [0.15, 0.2) is 30.5 Å². The Balaban J connectivity index is 1.81. The number of aromatic carboxylic acids is 1. The number of benzene rings is 1. The summed E-state index contributed by atoms with van der Waals surface area (Å²) in [7, 11) is 0. The smallest absolute Gasteiger partial charge is 0.338 e. The first-order valence-corrected chi connectivity index (χ1v) is 8.29. The van der Waals surface area contributed by atoms with Crippen molar-refractivity contribution in [1.82, 2.24) is 4.98 Å². The van der Waals surface area contributed by atoms with Crippen LogP contribution in [0.25, 0.3) is 0 Å². The molecule has 0 unspecified atom stereocenters. The lowest BCUT2D eigenvalue weighted by Gasteiger charge is -2.37. The molecule has 2 aromatic rings. The van der Waals surface area contributed by atoms with Gasteiger partial charge in [0.15, 0.2) is 0 Å². The van der Waals surface area contributed by atoms with E-state index in [0.717, 1.165) is 38.8 Å². The van der Waals surface area contributed by atoms with E-state index in [-0.39, 0.29) is 17.0 Å². The van der Waals surface area contributed by atoms with Gasteiger partial charge in [0.1, 0.15) is 5.69 Å². The number of nitrogens with zero attached hydrogens (tertiary/aromatic N) is 2. The van der Waals surface area contributed by atoms with E-state index in [9.17, 15) is 14.7 Å². The van der Waals surface area contributed by atoms with E-state index in [1.807, 2.05) is 12.1 Å². The zero-order valence-corrected chi connectivity index (χ0v) is 13.3. The Bertz CT molecular complexity index is 813. The fourth-order valence-corrected chi connectivity index (χ4v) is 3.83. The second kappa shape index (κ2) is 5.74. The molecule has 1 aromatic heterocycles. The molecule has 0 aliphatic carbocycles. The van der Waals surface area contributed by atoms with E-state index >= 15 is 0 Å². The number of anilines is 1. The molecule has 5 heteroatoms. The summed E-state index contributed by atoms with van der Waals surface area (Å²) in [6.07, 6.45) is 5.58. The van der Waals surface area contributed by atoms with Gasteiger partial charge >= 0.3 is 5.97 Å². The number of rotatable bonds is 3. The second-order valence-corrected chi connectivity index (χ2v) is 6.37. The standard InChI is InChI=1S/C19H18N2O3/c22-18(16-15(19(23)24)6-1-7-20-16)14-10-12-4-2-8-21-9-3-5-13(11-14)17(12)21/h1,6-7,10-11H,2-5,8-9H2,(H,23,24). The van der Waals surface area contributed by atoms with Crippen LogP contribution in [0.2, 0.25) is 0 Å². The van der Waals surface area contributed by atoms with E-state index in [1.54, 1.807) is 0 Å². The topological polar surface area (TPSA) is 70.5 Å². The molecule has 5 nitrogen and oxygen atoms in total. The van der Waals surface area contributed by atoms with Crippen LogP contribution >= 0.6 is 0 Å². The van der Waals surface area contributed by atoms with Crippen molar-refractivity contribution in [2.45, 2.75) is 25.7 Å². The van der Waals surface area contributed by atoms with Gasteiger partial charge in [-0.05, 0) is 61.1 Å². The van der Waals surface area contributed by atoms with E-state index in [0.29, 0.717) is 5.56 Å². The Morgan fingerprint density at radius 2 is 1.75 bits per heavy atom. The first-order valence-electron chi connectivity index (χ1n) is 8.29. The number of carboxylic acids is 1. The zero-order valence-electron chi connectivity index (χ0n) is 13.3. The molecule has 3 heterocycles. The number of hydrogen-bond donors (Lipinski definition) is 1. The van der Waals surface area contributed by atoms with Gasteiger partial charge in [-0.15, -0.1) is 0 Å². The Labute approximate surface area is 139 Å². The van der Waals surface area contributed by atoms with Crippen LogP contribution in [0, 0.1) is 0 Å². The van der Waals surface area contributed by atoms with Gasteiger partial charge < -0.3 is 10.0 Å². The van der Waals surface area contributed by atoms with Gasteiger partial charge in [0.25, 0.3) is 0 Å². The van der Waals surface area contributed by atoms with Crippen LogP contribution in [0.4, 0.5) is 5.69 Å². The van der Waals surface area contributed by atoms with Crippen molar-refractivity contribution >= 4 is 17.4 Å². The van der Waals surface area contributed by atoms with Crippen LogP contribution in [-0.4, -0.2) is 34.9 Å². The fraction of sp³-hybridized carbons (Fsp3) is 0.316. The SMILES string of the molecule is O=C(O)c1cccnc1C(=O)c1cc2c3c(c1)CCCN3CCC2. The molecule has 24 heavy (non-hydrogen) atoms. The molecule has 2 aliphatic heterocycles. The highest BCUT2D eigenvalue weighted by Gasteiger charge is 2.27. The molecular formula is C19H18N2O3. The third-order valence-corrected chi connectivity index (χ3v) is 4.85. The van der Waals surface area contributed by atoms with E-state index in [4.69, 9.17) is 0 Å². The summed E-state index contributed by atoms with van der Waals surface area (Å²) >= 11 is 0. The maximum atomic E-state index is 12.9. The number of carbonyl (C=O) groups is 2. The second-order valence-electron chi connectivity index (χ2n) is 6.37. The van der Waals surface area contributed by atoms with Crippen LogP contribution in [0.5, 0.6) is 0 Å². The molecule has 1 N–H and O–H groups in total. The average molecular weight is 322 g/mol. The molecule has 0 saturated heterocycles. The maximum Gasteiger partial charge on any atom is 0.338 e. The Kier molecular flexibility index (Phi) is 3.56. The van der Waals surface area contributed by atoms with Crippen LogP contribution < -0.4 is 4.90 Å². The van der Waals surface area contributed by atoms with Crippen molar-refractivity contribution < 1.29 is 14.7 Å². The Morgan fingerprint density at radius 3 is 2.38 bits per heavy atom. The fourth-order valence-electron chi connectivity index (χ4n) is 3.83. The molecule has 4 rings (SSSR count). The minimum Gasteiger partial charge on any atom is -0.478 e.